The van der Waals surface area contributed by atoms with Crippen LogP contribution in [0.2, 0.25) is 0 Å². The highest BCUT2D eigenvalue weighted by molar-refractivity contribution is 5.94. The Labute approximate surface area is 63.9 Å². The van der Waals surface area contributed by atoms with E-state index >= 15 is 0 Å². The number of hydrogen-bond acceptors (Lipinski definition) is 1. The molecule has 10 heavy (non-hydrogen) atoms. The van der Waals surface area contributed by atoms with Crippen LogP contribution in [0.15, 0.2) is 17.1 Å². The van der Waals surface area contributed by atoms with Crippen molar-refractivity contribution < 1.29 is 0 Å². The lowest BCUT2D eigenvalue weighted by molar-refractivity contribution is 1.10. The van der Waals surface area contributed by atoms with Gasteiger partial charge in [-0.2, -0.15) is 0 Å². The number of aliphatic imine (C=N–C) groups is 1. The van der Waals surface area contributed by atoms with Gasteiger partial charge in [0.15, 0.2) is 0 Å². The number of rotatable bonds is 4. The number of allylic oxidation sites excluding steroid dienone is 2. The fourth-order valence-corrected chi connectivity index (χ4v) is 0.739. The minimum absolute atomic E-state index is 0.900. The van der Waals surface area contributed by atoms with E-state index in [-0.39, 0.29) is 0 Å². The summed E-state index contributed by atoms with van der Waals surface area (Å²) in [5, 5.41) is 0. The highest BCUT2D eigenvalue weighted by Gasteiger charge is 1.85. The molecule has 0 amide bonds. The monoisotopic (exact) mass is 139 g/mol. The first-order chi connectivity index (χ1) is 4.85. The van der Waals surface area contributed by atoms with Gasteiger partial charge in [-0.3, -0.25) is 4.99 Å². The molecule has 0 fully saturated rings. The third-order valence-electron chi connectivity index (χ3n) is 1.27. The Balaban J connectivity index is 3.82. The van der Waals surface area contributed by atoms with Gasteiger partial charge in [-0.15, -0.1) is 0 Å². The second kappa shape index (κ2) is 6.53. The van der Waals surface area contributed by atoms with Crippen LogP contribution < -0.4 is 0 Å². The number of hydrogen-bond donors (Lipinski definition) is 0. The minimum atomic E-state index is 0.900. The first-order valence-electron chi connectivity index (χ1n) is 4.04. The van der Waals surface area contributed by atoms with Crippen LogP contribution in [0.1, 0.15) is 33.6 Å². The first-order valence-corrected chi connectivity index (χ1v) is 4.04. The van der Waals surface area contributed by atoms with E-state index in [2.05, 4.69) is 37.9 Å². The van der Waals surface area contributed by atoms with Crippen LogP contribution in [0.5, 0.6) is 0 Å². The zero-order valence-corrected chi connectivity index (χ0v) is 7.22. The second-order valence-corrected chi connectivity index (χ2v) is 2.13. The van der Waals surface area contributed by atoms with E-state index < -0.39 is 0 Å². The van der Waals surface area contributed by atoms with Crippen LogP contribution >= 0.6 is 0 Å². The van der Waals surface area contributed by atoms with Crippen LogP contribution in [-0.4, -0.2) is 12.3 Å². The van der Waals surface area contributed by atoms with E-state index in [1.54, 1.807) is 0 Å². The zero-order chi connectivity index (χ0) is 7.82. The second-order valence-electron chi connectivity index (χ2n) is 2.13. The minimum Gasteiger partial charge on any atom is -0.290 e. The van der Waals surface area contributed by atoms with Gasteiger partial charge in [-0.1, -0.05) is 19.9 Å². The summed E-state index contributed by atoms with van der Waals surface area (Å²) in [6.45, 7) is 7.23. The molecule has 0 saturated heterocycles. The molecule has 0 rings (SSSR count). The molecule has 0 radical (unpaired) electrons. The third kappa shape index (κ3) is 4.30. The fourth-order valence-electron chi connectivity index (χ4n) is 0.739. The normalized spacial score (nSPS) is 12.9. The molecule has 0 aliphatic carbocycles. The van der Waals surface area contributed by atoms with Gasteiger partial charge in [0, 0.05) is 12.3 Å². The largest absolute Gasteiger partial charge is 0.290 e. The molecule has 0 spiro atoms. The van der Waals surface area contributed by atoms with Crippen molar-refractivity contribution >= 4 is 5.71 Å². The molecule has 1 heteroatoms. The van der Waals surface area contributed by atoms with E-state index in [4.69, 9.17) is 0 Å². The van der Waals surface area contributed by atoms with Crippen molar-refractivity contribution in [3.05, 3.63) is 12.2 Å². The van der Waals surface area contributed by atoms with E-state index in [0.717, 1.165) is 19.4 Å². The summed E-state index contributed by atoms with van der Waals surface area (Å²) in [6.07, 6.45) is 6.41. The van der Waals surface area contributed by atoms with Crippen molar-refractivity contribution in [2.24, 2.45) is 4.99 Å². The van der Waals surface area contributed by atoms with Crippen LogP contribution in [0.3, 0.4) is 0 Å². The molecule has 0 unspecified atom stereocenters. The Bertz CT molecular complexity index is 123. The van der Waals surface area contributed by atoms with Gasteiger partial charge in [-0.25, -0.2) is 0 Å². The van der Waals surface area contributed by atoms with Gasteiger partial charge in [0.1, 0.15) is 0 Å². The van der Waals surface area contributed by atoms with Gasteiger partial charge in [0.25, 0.3) is 0 Å². The summed E-state index contributed by atoms with van der Waals surface area (Å²) in [4.78, 5) is 4.31. The predicted molar refractivity (Wildman–Crippen MR) is 47.7 cm³/mol. The van der Waals surface area contributed by atoms with E-state index in [1.807, 2.05) is 0 Å². The summed E-state index contributed by atoms with van der Waals surface area (Å²) < 4.78 is 0. The molecule has 0 bridgehead atoms. The Kier molecular flexibility index (Phi) is 6.14. The smallest absolute Gasteiger partial charge is 0.0364 e. The Morgan fingerprint density at radius 3 is 2.40 bits per heavy atom. The summed E-state index contributed by atoms with van der Waals surface area (Å²) >= 11 is 0. The molecule has 0 aromatic rings. The lowest BCUT2D eigenvalue weighted by Gasteiger charge is -1.93. The number of nitrogens with zero attached hydrogens (tertiary/aromatic N) is 1. The Morgan fingerprint density at radius 2 is 2.00 bits per heavy atom. The zero-order valence-electron chi connectivity index (χ0n) is 7.22. The highest BCUT2D eigenvalue weighted by atomic mass is 14.7. The van der Waals surface area contributed by atoms with Gasteiger partial charge < -0.3 is 0 Å². The Morgan fingerprint density at radius 1 is 1.30 bits per heavy atom. The van der Waals surface area contributed by atoms with E-state index in [9.17, 15) is 0 Å². The van der Waals surface area contributed by atoms with Crippen LogP contribution in [-0.2, 0) is 0 Å². The van der Waals surface area contributed by atoms with Crippen LogP contribution in [0.4, 0.5) is 0 Å². The molecule has 0 aliphatic heterocycles. The van der Waals surface area contributed by atoms with Crippen molar-refractivity contribution in [1.29, 1.82) is 0 Å². The SMILES string of the molecule is CC/C=C\C(CC)=NCC. The molecule has 1 nitrogen and oxygen atoms in total. The topological polar surface area (TPSA) is 12.4 Å². The first kappa shape index (κ1) is 9.41. The maximum Gasteiger partial charge on any atom is 0.0364 e. The molecular formula is C9H17N. The van der Waals surface area contributed by atoms with Crippen molar-refractivity contribution in [2.75, 3.05) is 6.54 Å². The lowest BCUT2D eigenvalue weighted by Crippen LogP contribution is -1.90. The van der Waals surface area contributed by atoms with Crippen molar-refractivity contribution in [3.63, 3.8) is 0 Å². The maximum absolute atomic E-state index is 4.31. The van der Waals surface area contributed by atoms with E-state index in [0.29, 0.717) is 0 Å². The standard InChI is InChI=1S/C9H17N/c1-4-7-8-9(5-2)10-6-3/h7-8H,4-6H2,1-3H3/b8-7-,10-9?. The quantitative estimate of drug-likeness (QED) is 0.531. The summed E-state index contributed by atoms with van der Waals surface area (Å²) in [5.41, 5.74) is 1.21. The molecule has 0 aromatic carbocycles. The summed E-state index contributed by atoms with van der Waals surface area (Å²) in [6, 6.07) is 0. The molecule has 0 N–H and O–H groups in total. The van der Waals surface area contributed by atoms with E-state index in [1.165, 1.54) is 5.71 Å². The average Bonchev–Trinajstić information content (AvgIpc) is 1.98. The molecule has 58 valence electrons. The molecule has 0 aromatic heterocycles. The molecular weight excluding hydrogens is 122 g/mol. The maximum atomic E-state index is 4.31. The van der Waals surface area contributed by atoms with Gasteiger partial charge in [0.05, 0.1) is 0 Å². The Hall–Kier alpha value is -0.590. The predicted octanol–water partition coefficient (Wildman–Crippen LogP) is 2.82. The molecule has 0 saturated carbocycles. The van der Waals surface area contributed by atoms with Crippen molar-refractivity contribution in [2.45, 2.75) is 33.6 Å². The van der Waals surface area contributed by atoms with Crippen molar-refractivity contribution in [1.82, 2.24) is 0 Å². The van der Waals surface area contributed by atoms with Crippen LogP contribution in [0, 0.1) is 0 Å². The van der Waals surface area contributed by atoms with Crippen molar-refractivity contribution in [3.8, 4) is 0 Å². The average molecular weight is 139 g/mol. The van der Waals surface area contributed by atoms with Gasteiger partial charge >= 0.3 is 0 Å². The van der Waals surface area contributed by atoms with Gasteiger partial charge in [-0.05, 0) is 25.8 Å². The molecule has 0 atom stereocenters. The molecule has 0 heterocycles. The summed E-state index contributed by atoms with van der Waals surface area (Å²) in [5.74, 6) is 0. The molecule has 0 aliphatic rings. The van der Waals surface area contributed by atoms with Gasteiger partial charge in [0.2, 0.25) is 0 Å². The lowest BCUT2D eigenvalue weighted by atomic mass is 10.2. The fraction of sp³-hybridized carbons (Fsp3) is 0.667. The third-order valence-corrected chi connectivity index (χ3v) is 1.27. The van der Waals surface area contributed by atoms with Crippen LogP contribution in [0.25, 0.3) is 0 Å². The summed E-state index contributed by atoms with van der Waals surface area (Å²) in [7, 11) is 0. The highest BCUT2D eigenvalue weighted by Crippen LogP contribution is 1.90.